The van der Waals surface area contributed by atoms with Gasteiger partial charge in [0.15, 0.2) is 8.69 Å². The molecule has 2 unspecified atom stereocenters. The molecule has 2 nitrogen and oxygen atoms in total. The van der Waals surface area contributed by atoms with Gasteiger partial charge in [0, 0.05) is 0 Å². The lowest BCUT2D eigenvalue weighted by Crippen LogP contribution is -2.00. The van der Waals surface area contributed by atoms with Crippen LogP contribution < -0.4 is 0 Å². The molecule has 0 radical (unpaired) electrons. The van der Waals surface area contributed by atoms with Crippen LogP contribution in [0.4, 0.5) is 0 Å². The molecule has 1 aromatic rings. The zero-order valence-electron chi connectivity index (χ0n) is 9.89. The molecule has 16 heavy (non-hydrogen) atoms. The minimum absolute atomic E-state index is 0.622. The second-order valence-corrected chi connectivity index (χ2v) is 4.53. The number of rotatable bonds is 8. The van der Waals surface area contributed by atoms with E-state index in [-0.39, 0.29) is 0 Å². The molecule has 1 rings (SSSR count). The maximum atomic E-state index is 10.2. The van der Waals surface area contributed by atoms with Crippen molar-refractivity contribution in [2.75, 3.05) is 6.61 Å². The van der Waals surface area contributed by atoms with E-state index in [4.69, 9.17) is 4.52 Å². The molecule has 1 aromatic carbocycles. The van der Waals surface area contributed by atoms with Crippen molar-refractivity contribution in [3.05, 3.63) is 35.9 Å². The minimum Gasteiger partial charge on any atom is -0.332 e. The van der Waals surface area contributed by atoms with E-state index < -0.39 is 8.69 Å². The van der Waals surface area contributed by atoms with Gasteiger partial charge in [0.05, 0.1) is 6.61 Å². The Hall–Kier alpha value is -0.590. The number of hydrogen-bond donors (Lipinski definition) is 0. The summed E-state index contributed by atoms with van der Waals surface area (Å²) in [4.78, 5) is 0. The maximum absolute atomic E-state index is 10.2. The molecule has 0 N–H and O–H groups in total. The Morgan fingerprint density at radius 1 is 1.25 bits per heavy atom. The van der Waals surface area contributed by atoms with Crippen LogP contribution in [0.1, 0.15) is 44.1 Å². The highest BCUT2D eigenvalue weighted by Gasteiger charge is 2.09. The topological polar surface area (TPSA) is 26.3 Å². The Kier molecular flexibility index (Phi) is 7.20. The summed E-state index contributed by atoms with van der Waals surface area (Å²) in [6.45, 7) is 2.85. The summed E-state index contributed by atoms with van der Waals surface area (Å²) < 4.78 is 15.2. The van der Waals surface area contributed by atoms with Crippen molar-refractivity contribution in [3.8, 4) is 0 Å². The van der Waals surface area contributed by atoms with Crippen LogP contribution in [0.2, 0.25) is 0 Å². The predicted octanol–water partition coefficient (Wildman–Crippen LogP) is 4.04. The van der Waals surface area contributed by atoms with Crippen LogP contribution in [-0.2, 0) is 9.09 Å². The average Bonchev–Trinajstić information content (AvgIpc) is 2.34. The van der Waals surface area contributed by atoms with E-state index in [1.165, 1.54) is 18.4 Å². The molecular weight excluding hydrogens is 219 g/mol. The molecule has 0 aliphatic heterocycles. The lowest BCUT2D eigenvalue weighted by molar-refractivity contribution is 0.322. The standard InChI is InChI=1S/C13H21O2P/c1-2-7-12(10-6-11-15-16-14)13-8-4-3-5-9-13/h3-5,8-9,12H,2,6-7,10-11,16H2,1H3. The van der Waals surface area contributed by atoms with Crippen LogP contribution in [-0.4, -0.2) is 6.61 Å². The third-order valence-corrected chi connectivity index (χ3v) is 3.16. The molecule has 0 aliphatic rings. The Balaban J connectivity index is 2.44. The van der Waals surface area contributed by atoms with Crippen molar-refractivity contribution < 1.29 is 9.09 Å². The Labute approximate surface area is 99.3 Å². The van der Waals surface area contributed by atoms with Gasteiger partial charge in [0.2, 0.25) is 0 Å². The molecule has 90 valence electrons. The van der Waals surface area contributed by atoms with Gasteiger partial charge in [-0.3, -0.25) is 4.57 Å². The normalized spacial score (nSPS) is 13.3. The zero-order chi connectivity index (χ0) is 11.6. The van der Waals surface area contributed by atoms with Gasteiger partial charge in [-0.25, -0.2) is 0 Å². The van der Waals surface area contributed by atoms with Crippen molar-refractivity contribution in [2.24, 2.45) is 0 Å². The van der Waals surface area contributed by atoms with Crippen LogP contribution in [0, 0.1) is 0 Å². The van der Waals surface area contributed by atoms with Crippen molar-refractivity contribution in [2.45, 2.75) is 38.5 Å². The Bertz CT molecular complexity index is 287. The van der Waals surface area contributed by atoms with Gasteiger partial charge >= 0.3 is 0 Å². The van der Waals surface area contributed by atoms with Crippen LogP contribution in [0.3, 0.4) is 0 Å². The average molecular weight is 240 g/mol. The fraction of sp³-hybridized carbons (Fsp3) is 0.538. The van der Waals surface area contributed by atoms with Crippen molar-refractivity contribution in [1.82, 2.24) is 0 Å². The summed E-state index contributed by atoms with van der Waals surface area (Å²) in [6, 6.07) is 10.6. The lowest BCUT2D eigenvalue weighted by Gasteiger charge is -2.16. The Morgan fingerprint density at radius 3 is 2.62 bits per heavy atom. The first-order valence-corrected chi connectivity index (χ1v) is 6.93. The van der Waals surface area contributed by atoms with Gasteiger partial charge in [0.25, 0.3) is 0 Å². The molecule has 0 aliphatic carbocycles. The molecule has 0 heterocycles. The quantitative estimate of drug-likeness (QED) is 0.506. The molecule has 0 spiro atoms. The van der Waals surface area contributed by atoms with E-state index in [0.29, 0.717) is 12.5 Å². The summed E-state index contributed by atoms with van der Waals surface area (Å²) in [5.41, 5.74) is 1.42. The van der Waals surface area contributed by atoms with Crippen molar-refractivity contribution >= 4 is 8.69 Å². The molecule has 2 atom stereocenters. The summed E-state index contributed by atoms with van der Waals surface area (Å²) in [7, 11) is -1.04. The van der Waals surface area contributed by atoms with Crippen LogP contribution >= 0.6 is 8.69 Å². The second kappa shape index (κ2) is 8.55. The monoisotopic (exact) mass is 240 g/mol. The molecular formula is C13H21O2P. The summed E-state index contributed by atoms with van der Waals surface area (Å²) in [5, 5.41) is 0. The second-order valence-electron chi connectivity index (χ2n) is 4.01. The maximum Gasteiger partial charge on any atom is 0.179 e. The molecule has 0 saturated carbocycles. The fourth-order valence-corrected chi connectivity index (χ4v) is 2.28. The van der Waals surface area contributed by atoms with Crippen molar-refractivity contribution in [1.29, 1.82) is 0 Å². The summed E-state index contributed by atoms with van der Waals surface area (Å²) in [5.74, 6) is 0.622. The van der Waals surface area contributed by atoms with Gasteiger partial charge < -0.3 is 4.52 Å². The van der Waals surface area contributed by atoms with Gasteiger partial charge in [-0.15, -0.1) is 0 Å². The predicted molar refractivity (Wildman–Crippen MR) is 69.7 cm³/mol. The number of benzene rings is 1. The first-order chi connectivity index (χ1) is 7.88. The first-order valence-electron chi connectivity index (χ1n) is 5.98. The summed E-state index contributed by atoms with van der Waals surface area (Å²) in [6.07, 6.45) is 4.54. The van der Waals surface area contributed by atoms with Gasteiger partial charge in [-0.1, -0.05) is 43.7 Å². The SMILES string of the molecule is CCCC(CCCO[PH2]=O)c1ccccc1. The van der Waals surface area contributed by atoms with Crippen molar-refractivity contribution in [3.63, 3.8) is 0 Å². The minimum atomic E-state index is -1.04. The molecule has 3 heteroatoms. The summed E-state index contributed by atoms with van der Waals surface area (Å²) >= 11 is 0. The van der Waals surface area contributed by atoms with Crippen LogP contribution in [0.5, 0.6) is 0 Å². The molecule has 0 fully saturated rings. The van der Waals surface area contributed by atoms with E-state index >= 15 is 0 Å². The smallest absolute Gasteiger partial charge is 0.179 e. The first kappa shape index (κ1) is 13.5. The van der Waals surface area contributed by atoms with Gasteiger partial charge in [0.1, 0.15) is 0 Å². The van der Waals surface area contributed by atoms with Gasteiger partial charge in [-0.2, -0.15) is 0 Å². The lowest BCUT2D eigenvalue weighted by atomic mass is 9.90. The van der Waals surface area contributed by atoms with E-state index in [1.807, 2.05) is 0 Å². The molecule has 0 saturated heterocycles. The zero-order valence-corrected chi connectivity index (χ0v) is 11.0. The van der Waals surface area contributed by atoms with Gasteiger partial charge in [-0.05, 0) is 30.7 Å². The fourth-order valence-electron chi connectivity index (χ4n) is 2.01. The van der Waals surface area contributed by atoms with E-state index in [1.54, 1.807) is 0 Å². The largest absolute Gasteiger partial charge is 0.332 e. The highest BCUT2D eigenvalue weighted by molar-refractivity contribution is 7.17. The molecule has 0 aromatic heterocycles. The molecule has 0 amide bonds. The highest BCUT2D eigenvalue weighted by Crippen LogP contribution is 2.26. The number of hydrogen-bond acceptors (Lipinski definition) is 2. The Morgan fingerprint density at radius 2 is 2.00 bits per heavy atom. The third-order valence-electron chi connectivity index (χ3n) is 2.79. The third kappa shape index (κ3) is 4.96. The van der Waals surface area contributed by atoms with E-state index in [9.17, 15) is 4.57 Å². The van der Waals surface area contributed by atoms with E-state index in [0.717, 1.165) is 12.8 Å². The van der Waals surface area contributed by atoms with E-state index in [2.05, 4.69) is 37.3 Å². The molecule has 0 bridgehead atoms. The van der Waals surface area contributed by atoms with Crippen LogP contribution in [0.25, 0.3) is 0 Å². The van der Waals surface area contributed by atoms with Crippen LogP contribution in [0.15, 0.2) is 30.3 Å². The highest BCUT2D eigenvalue weighted by atomic mass is 31.1.